The zero-order valence-electron chi connectivity index (χ0n) is 14.4. The predicted octanol–water partition coefficient (Wildman–Crippen LogP) is 4.11. The van der Waals surface area contributed by atoms with Gasteiger partial charge in [0.05, 0.1) is 22.5 Å². The largest absolute Gasteiger partial charge is 0.444 e. The van der Waals surface area contributed by atoms with Crippen molar-refractivity contribution in [3.8, 4) is 0 Å². The van der Waals surface area contributed by atoms with Crippen LogP contribution in [-0.4, -0.2) is 46.9 Å². The topological polar surface area (TPSA) is 54.8 Å². The zero-order chi connectivity index (χ0) is 17.2. The number of fused-ring (bicyclic) bond motifs is 1. The minimum absolute atomic E-state index is 0.226. The molecule has 1 aliphatic heterocycles. The number of piperidine rings is 1. The van der Waals surface area contributed by atoms with Crippen molar-refractivity contribution in [2.24, 2.45) is 4.99 Å². The molecule has 0 atom stereocenters. The molecule has 1 aromatic carbocycles. The number of thiazole rings is 1. The van der Waals surface area contributed by atoms with E-state index in [0.717, 1.165) is 23.4 Å². The third kappa shape index (κ3) is 4.32. The van der Waals surface area contributed by atoms with Crippen LogP contribution in [0.1, 0.15) is 38.6 Å². The van der Waals surface area contributed by atoms with Gasteiger partial charge < -0.3 is 9.64 Å². The molecule has 1 amide bonds. The van der Waals surface area contributed by atoms with Crippen LogP contribution in [-0.2, 0) is 4.74 Å². The lowest BCUT2D eigenvalue weighted by Crippen LogP contribution is -2.42. The number of para-hydroxylation sites is 1. The van der Waals surface area contributed by atoms with E-state index in [1.54, 1.807) is 16.2 Å². The Labute approximate surface area is 146 Å². The lowest BCUT2D eigenvalue weighted by molar-refractivity contribution is 0.0207. The van der Waals surface area contributed by atoms with Gasteiger partial charge in [0.15, 0.2) is 0 Å². The van der Waals surface area contributed by atoms with Crippen LogP contribution in [0.2, 0.25) is 0 Å². The molecule has 0 bridgehead atoms. The molecule has 0 unspecified atom stereocenters. The number of nitrogens with zero attached hydrogens (tertiary/aromatic N) is 3. The highest BCUT2D eigenvalue weighted by molar-refractivity contribution is 7.20. The molecule has 1 saturated heterocycles. The van der Waals surface area contributed by atoms with Gasteiger partial charge in [0.2, 0.25) is 0 Å². The maximum Gasteiger partial charge on any atom is 0.410 e. The van der Waals surface area contributed by atoms with Gasteiger partial charge in [-0.3, -0.25) is 4.99 Å². The molecule has 0 saturated carbocycles. The van der Waals surface area contributed by atoms with Gasteiger partial charge in [0.1, 0.15) is 10.6 Å². The van der Waals surface area contributed by atoms with Crippen molar-refractivity contribution >= 4 is 33.9 Å². The predicted molar refractivity (Wildman–Crippen MR) is 98.0 cm³/mol. The number of carbonyl (C=O) groups excluding carboxylic acids is 1. The summed E-state index contributed by atoms with van der Waals surface area (Å²) < 4.78 is 6.59. The van der Waals surface area contributed by atoms with Crippen LogP contribution in [0.3, 0.4) is 0 Å². The van der Waals surface area contributed by atoms with Crippen LogP contribution in [0.5, 0.6) is 0 Å². The summed E-state index contributed by atoms with van der Waals surface area (Å²) in [5.41, 5.74) is 0.572. The van der Waals surface area contributed by atoms with Crippen LogP contribution in [0.25, 0.3) is 10.2 Å². The number of likely N-dealkylation sites (tertiary alicyclic amines) is 1. The molecule has 0 radical (unpaired) electrons. The van der Waals surface area contributed by atoms with Crippen LogP contribution in [0.4, 0.5) is 4.79 Å². The Hall–Kier alpha value is -1.95. The van der Waals surface area contributed by atoms with Gasteiger partial charge in [-0.1, -0.05) is 12.1 Å². The van der Waals surface area contributed by atoms with E-state index >= 15 is 0 Å². The third-order valence-electron chi connectivity index (χ3n) is 3.82. The summed E-state index contributed by atoms with van der Waals surface area (Å²) >= 11 is 1.65. The Morgan fingerprint density at radius 2 is 2.04 bits per heavy atom. The van der Waals surface area contributed by atoms with Crippen molar-refractivity contribution in [3.63, 3.8) is 0 Å². The van der Waals surface area contributed by atoms with E-state index in [0.29, 0.717) is 13.1 Å². The van der Waals surface area contributed by atoms with Gasteiger partial charge in [-0.25, -0.2) is 9.78 Å². The second kappa shape index (κ2) is 6.89. The van der Waals surface area contributed by atoms with Crippen molar-refractivity contribution in [2.75, 3.05) is 13.1 Å². The minimum Gasteiger partial charge on any atom is -0.444 e. The van der Waals surface area contributed by atoms with Gasteiger partial charge >= 0.3 is 6.09 Å². The highest BCUT2D eigenvalue weighted by Gasteiger charge is 2.26. The van der Waals surface area contributed by atoms with E-state index in [1.165, 1.54) is 4.70 Å². The molecule has 3 rings (SSSR count). The van der Waals surface area contributed by atoms with Crippen LogP contribution < -0.4 is 0 Å². The molecular weight excluding hydrogens is 322 g/mol. The number of hydrogen-bond donors (Lipinski definition) is 0. The van der Waals surface area contributed by atoms with Crippen molar-refractivity contribution in [1.82, 2.24) is 9.88 Å². The van der Waals surface area contributed by atoms with E-state index in [9.17, 15) is 4.79 Å². The fourth-order valence-corrected chi connectivity index (χ4v) is 3.49. The summed E-state index contributed by atoms with van der Waals surface area (Å²) in [5, 5.41) is 0.936. The number of amides is 1. The minimum atomic E-state index is -0.446. The summed E-state index contributed by atoms with van der Waals surface area (Å²) in [6.45, 7) is 7.05. The number of carbonyl (C=O) groups is 1. The maximum absolute atomic E-state index is 12.1. The third-order valence-corrected chi connectivity index (χ3v) is 4.79. The van der Waals surface area contributed by atoms with Crippen LogP contribution in [0, 0.1) is 0 Å². The molecule has 2 aromatic rings. The SMILES string of the molecule is CC(C)(C)OC(=O)N1CCC(N=Cc2nc3ccccc3s2)CC1. The van der Waals surface area contributed by atoms with Crippen molar-refractivity contribution in [2.45, 2.75) is 45.3 Å². The number of ether oxygens (including phenoxy) is 1. The highest BCUT2D eigenvalue weighted by Crippen LogP contribution is 2.21. The molecule has 0 spiro atoms. The summed E-state index contributed by atoms with van der Waals surface area (Å²) in [7, 11) is 0. The fraction of sp³-hybridized carbons (Fsp3) is 0.500. The number of aliphatic imine (C=N–C) groups is 1. The molecule has 1 aliphatic rings. The fourth-order valence-electron chi connectivity index (χ4n) is 2.64. The first kappa shape index (κ1) is 16.9. The molecule has 24 heavy (non-hydrogen) atoms. The summed E-state index contributed by atoms with van der Waals surface area (Å²) in [4.78, 5) is 23.1. The van der Waals surface area contributed by atoms with E-state index in [1.807, 2.05) is 45.2 Å². The Morgan fingerprint density at radius 1 is 1.33 bits per heavy atom. The Balaban J connectivity index is 1.54. The Bertz CT molecular complexity index is 707. The summed E-state index contributed by atoms with van der Waals surface area (Å²) in [6, 6.07) is 8.35. The average molecular weight is 345 g/mol. The van der Waals surface area contributed by atoms with Gasteiger partial charge in [-0.15, -0.1) is 11.3 Å². The lowest BCUT2D eigenvalue weighted by atomic mass is 10.1. The maximum atomic E-state index is 12.1. The van der Waals surface area contributed by atoms with E-state index in [4.69, 9.17) is 4.74 Å². The monoisotopic (exact) mass is 345 g/mol. The second-order valence-corrected chi connectivity index (χ2v) is 8.06. The second-order valence-electron chi connectivity index (χ2n) is 7.00. The Morgan fingerprint density at radius 3 is 2.71 bits per heavy atom. The van der Waals surface area contributed by atoms with E-state index in [-0.39, 0.29) is 12.1 Å². The normalized spacial score (nSPS) is 16.9. The van der Waals surface area contributed by atoms with E-state index in [2.05, 4.69) is 16.0 Å². The first-order chi connectivity index (χ1) is 11.4. The molecular formula is C18H23N3O2S. The van der Waals surface area contributed by atoms with Gasteiger partial charge in [0.25, 0.3) is 0 Å². The van der Waals surface area contributed by atoms with E-state index < -0.39 is 5.60 Å². The number of aromatic nitrogens is 1. The van der Waals surface area contributed by atoms with Crippen molar-refractivity contribution < 1.29 is 9.53 Å². The number of rotatable bonds is 2. The summed E-state index contributed by atoms with van der Waals surface area (Å²) in [6.07, 6.45) is 3.37. The van der Waals surface area contributed by atoms with Crippen LogP contribution >= 0.6 is 11.3 Å². The van der Waals surface area contributed by atoms with Gasteiger partial charge in [-0.05, 0) is 45.7 Å². The van der Waals surface area contributed by atoms with Gasteiger partial charge in [0, 0.05) is 13.1 Å². The molecule has 0 N–H and O–H groups in total. The molecule has 0 aliphatic carbocycles. The molecule has 2 heterocycles. The number of hydrogen-bond acceptors (Lipinski definition) is 5. The first-order valence-electron chi connectivity index (χ1n) is 8.27. The molecule has 128 valence electrons. The zero-order valence-corrected chi connectivity index (χ0v) is 15.2. The molecule has 1 fully saturated rings. The standard InChI is InChI=1S/C18H23N3O2S/c1-18(2,3)23-17(22)21-10-8-13(9-11-21)19-12-16-20-14-6-4-5-7-15(14)24-16/h4-7,12-13H,8-11H2,1-3H3. The Kier molecular flexibility index (Phi) is 4.85. The quantitative estimate of drug-likeness (QED) is 0.770. The van der Waals surface area contributed by atoms with Gasteiger partial charge in [-0.2, -0.15) is 0 Å². The molecule has 1 aromatic heterocycles. The molecule has 6 heteroatoms. The average Bonchev–Trinajstić information content (AvgIpc) is 2.94. The smallest absolute Gasteiger partial charge is 0.410 e. The number of benzene rings is 1. The summed E-state index contributed by atoms with van der Waals surface area (Å²) in [5.74, 6) is 0. The lowest BCUT2D eigenvalue weighted by Gasteiger charge is -2.32. The van der Waals surface area contributed by atoms with Crippen LogP contribution in [0.15, 0.2) is 29.3 Å². The highest BCUT2D eigenvalue weighted by atomic mass is 32.1. The van der Waals surface area contributed by atoms with Crippen molar-refractivity contribution in [3.05, 3.63) is 29.3 Å². The molecule has 5 nitrogen and oxygen atoms in total. The van der Waals surface area contributed by atoms with Crippen molar-refractivity contribution in [1.29, 1.82) is 0 Å². The first-order valence-corrected chi connectivity index (χ1v) is 9.09.